The number of carbonyl (C=O) groups is 1. The maximum atomic E-state index is 12.6. The van der Waals surface area contributed by atoms with Crippen LogP contribution in [0.1, 0.15) is 20.8 Å². The van der Waals surface area contributed by atoms with Crippen molar-refractivity contribution in [2.45, 2.75) is 13.0 Å². The lowest BCUT2D eigenvalue weighted by Crippen LogP contribution is -2.17. The topological polar surface area (TPSA) is 50.4 Å². The van der Waals surface area contributed by atoms with Crippen LogP contribution in [0.5, 0.6) is 0 Å². The molecule has 0 saturated carbocycles. The number of hydrogen-bond donors (Lipinski definition) is 2. The highest BCUT2D eigenvalue weighted by atomic mass is 35.5. The molecule has 1 aromatic carbocycles. The lowest BCUT2D eigenvalue weighted by atomic mass is 10.0. The summed E-state index contributed by atoms with van der Waals surface area (Å²) >= 11 is 7.44. The van der Waals surface area contributed by atoms with E-state index in [9.17, 15) is 4.79 Å². The maximum Gasteiger partial charge on any atom is 0.258 e. The molecule has 0 bridgehead atoms. The Morgan fingerprint density at radius 1 is 1.33 bits per heavy atom. The lowest BCUT2D eigenvalue weighted by molar-refractivity contribution is 0.101. The summed E-state index contributed by atoms with van der Waals surface area (Å²) in [5.41, 5.74) is 2.57. The van der Waals surface area contributed by atoms with Crippen molar-refractivity contribution in [3.63, 3.8) is 0 Å². The van der Waals surface area contributed by atoms with Gasteiger partial charge in [0.1, 0.15) is 5.00 Å². The first-order chi connectivity index (χ1) is 10.2. The molecule has 1 aliphatic rings. The average molecular weight is 323 g/mol. The van der Waals surface area contributed by atoms with E-state index in [1.807, 2.05) is 7.05 Å². The van der Waals surface area contributed by atoms with Crippen LogP contribution in [0.25, 0.3) is 0 Å². The first kappa shape index (κ1) is 14.4. The molecule has 1 aliphatic heterocycles. The third-order valence-corrected chi connectivity index (χ3v) is 4.85. The normalized spacial score (nSPS) is 13.6. The van der Waals surface area contributed by atoms with Crippen molar-refractivity contribution in [2.24, 2.45) is 0 Å². The summed E-state index contributed by atoms with van der Waals surface area (Å²) in [5, 5.41) is 7.57. The molecule has 0 radical (unpaired) electrons. The fraction of sp³-hybridized carbons (Fsp3) is 0.267. The monoisotopic (exact) mass is 322 g/mol. The second-order valence-electron chi connectivity index (χ2n) is 4.72. The molecule has 2 heterocycles. The van der Waals surface area contributed by atoms with E-state index in [4.69, 9.17) is 16.3 Å². The van der Waals surface area contributed by atoms with Crippen LogP contribution in [-0.2, 0) is 17.8 Å². The van der Waals surface area contributed by atoms with Crippen LogP contribution in [0, 0.1) is 0 Å². The highest BCUT2D eigenvalue weighted by Crippen LogP contribution is 2.36. The van der Waals surface area contributed by atoms with Gasteiger partial charge in [-0.3, -0.25) is 4.79 Å². The van der Waals surface area contributed by atoms with Gasteiger partial charge < -0.3 is 15.4 Å². The first-order valence-electron chi connectivity index (χ1n) is 6.66. The van der Waals surface area contributed by atoms with Gasteiger partial charge >= 0.3 is 0 Å². The summed E-state index contributed by atoms with van der Waals surface area (Å²) in [5.74, 6) is -0.0962. The minimum Gasteiger partial charge on any atom is -0.379 e. The molecule has 0 atom stereocenters. The third-order valence-electron chi connectivity index (χ3n) is 3.38. The standard InChI is InChI=1S/C15H15ClN2O2S/c1-17-15-13(11-6-7-20-8-12(11)21-15)14(19)18-10-4-2-9(16)3-5-10/h2-5,17H,6-8H2,1H3,(H,18,19). The van der Waals surface area contributed by atoms with Crippen molar-refractivity contribution >= 4 is 39.5 Å². The van der Waals surface area contributed by atoms with E-state index < -0.39 is 0 Å². The SMILES string of the molecule is CNc1sc2c(c1C(=O)Nc1ccc(Cl)cc1)CCOC2. The predicted octanol–water partition coefficient (Wildman–Crippen LogP) is 3.77. The van der Waals surface area contributed by atoms with Gasteiger partial charge in [0.05, 0.1) is 18.8 Å². The molecular formula is C15H15ClN2O2S. The van der Waals surface area contributed by atoms with Crippen LogP contribution in [-0.4, -0.2) is 19.6 Å². The molecule has 0 spiro atoms. The van der Waals surface area contributed by atoms with Gasteiger partial charge in [-0.1, -0.05) is 11.6 Å². The Morgan fingerprint density at radius 3 is 2.81 bits per heavy atom. The smallest absolute Gasteiger partial charge is 0.258 e. The zero-order valence-electron chi connectivity index (χ0n) is 11.5. The second kappa shape index (κ2) is 6.05. The van der Waals surface area contributed by atoms with Crippen LogP contribution < -0.4 is 10.6 Å². The van der Waals surface area contributed by atoms with E-state index >= 15 is 0 Å². The molecule has 0 unspecified atom stereocenters. The Hall–Kier alpha value is -1.56. The zero-order valence-corrected chi connectivity index (χ0v) is 13.1. The second-order valence-corrected chi connectivity index (χ2v) is 6.26. The van der Waals surface area contributed by atoms with Crippen molar-refractivity contribution in [3.05, 3.63) is 45.3 Å². The molecule has 2 aromatic rings. The molecule has 0 saturated heterocycles. The number of thiophene rings is 1. The number of carbonyl (C=O) groups excluding carboxylic acids is 1. The molecule has 2 N–H and O–H groups in total. The fourth-order valence-electron chi connectivity index (χ4n) is 2.38. The molecule has 6 heteroatoms. The van der Waals surface area contributed by atoms with Crippen LogP contribution in [0.4, 0.5) is 10.7 Å². The minimum atomic E-state index is -0.0962. The van der Waals surface area contributed by atoms with E-state index in [-0.39, 0.29) is 5.91 Å². The molecule has 21 heavy (non-hydrogen) atoms. The summed E-state index contributed by atoms with van der Waals surface area (Å²) in [6, 6.07) is 7.10. The Balaban J connectivity index is 1.90. The first-order valence-corrected chi connectivity index (χ1v) is 7.85. The number of halogens is 1. The van der Waals surface area contributed by atoms with Crippen LogP contribution in [0.3, 0.4) is 0 Å². The van der Waals surface area contributed by atoms with Crippen molar-refractivity contribution in [3.8, 4) is 0 Å². The summed E-state index contributed by atoms with van der Waals surface area (Å²) in [6.07, 6.45) is 0.775. The van der Waals surface area contributed by atoms with Crippen molar-refractivity contribution in [2.75, 3.05) is 24.3 Å². The molecule has 1 amide bonds. The van der Waals surface area contributed by atoms with Crippen LogP contribution in [0.2, 0.25) is 5.02 Å². The molecule has 3 rings (SSSR count). The highest BCUT2D eigenvalue weighted by molar-refractivity contribution is 7.16. The summed E-state index contributed by atoms with van der Waals surface area (Å²) in [6.45, 7) is 1.25. The number of anilines is 2. The van der Waals surface area contributed by atoms with E-state index in [0.717, 1.165) is 33.1 Å². The van der Waals surface area contributed by atoms with Gasteiger partial charge in [-0.2, -0.15) is 0 Å². The fourth-order valence-corrected chi connectivity index (χ4v) is 3.64. The summed E-state index contributed by atoms with van der Waals surface area (Å²) in [4.78, 5) is 13.7. The van der Waals surface area contributed by atoms with E-state index in [2.05, 4.69) is 10.6 Å². The number of rotatable bonds is 3. The Kier molecular flexibility index (Phi) is 4.14. The molecule has 1 aromatic heterocycles. The summed E-state index contributed by atoms with van der Waals surface area (Å²) < 4.78 is 5.46. The van der Waals surface area contributed by atoms with Gasteiger partial charge in [0.2, 0.25) is 0 Å². The van der Waals surface area contributed by atoms with Crippen molar-refractivity contribution in [1.29, 1.82) is 0 Å². The van der Waals surface area contributed by atoms with Gasteiger partial charge in [0.25, 0.3) is 5.91 Å². The number of ether oxygens (including phenoxy) is 1. The number of nitrogens with one attached hydrogen (secondary N) is 2. The molecule has 0 aliphatic carbocycles. The van der Waals surface area contributed by atoms with Gasteiger partial charge in [-0.15, -0.1) is 11.3 Å². The lowest BCUT2D eigenvalue weighted by Gasteiger charge is -2.14. The van der Waals surface area contributed by atoms with Crippen molar-refractivity contribution in [1.82, 2.24) is 0 Å². The van der Waals surface area contributed by atoms with Gasteiger partial charge in [-0.25, -0.2) is 0 Å². The van der Waals surface area contributed by atoms with Crippen molar-refractivity contribution < 1.29 is 9.53 Å². The number of amides is 1. The van der Waals surface area contributed by atoms with Gasteiger partial charge in [0, 0.05) is 22.6 Å². The zero-order chi connectivity index (χ0) is 14.8. The number of benzene rings is 1. The minimum absolute atomic E-state index is 0.0962. The van der Waals surface area contributed by atoms with Crippen LogP contribution >= 0.6 is 22.9 Å². The van der Waals surface area contributed by atoms with Crippen LogP contribution in [0.15, 0.2) is 24.3 Å². The maximum absolute atomic E-state index is 12.6. The molecular weight excluding hydrogens is 308 g/mol. The molecule has 0 fully saturated rings. The number of fused-ring (bicyclic) bond motifs is 1. The molecule has 110 valence electrons. The molecule has 4 nitrogen and oxygen atoms in total. The third kappa shape index (κ3) is 2.90. The Morgan fingerprint density at radius 2 is 2.10 bits per heavy atom. The van der Waals surface area contributed by atoms with Gasteiger partial charge in [0.15, 0.2) is 0 Å². The summed E-state index contributed by atoms with van der Waals surface area (Å²) in [7, 11) is 1.83. The van der Waals surface area contributed by atoms with Gasteiger partial charge in [-0.05, 0) is 36.2 Å². The largest absolute Gasteiger partial charge is 0.379 e. The Bertz CT molecular complexity index is 667. The quantitative estimate of drug-likeness (QED) is 0.904. The van der Waals surface area contributed by atoms with E-state index in [1.54, 1.807) is 35.6 Å². The number of hydrogen-bond acceptors (Lipinski definition) is 4. The average Bonchev–Trinajstić information content (AvgIpc) is 2.88. The van der Waals surface area contributed by atoms with E-state index in [1.165, 1.54) is 0 Å². The van der Waals surface area contributed by atoms with E-state index in [0.29, 0.717) is 18.2 Å². The predicted molar refractivity (Wildman–Crippen MR) is 86.6 cm³/mol. The highest BCUT2D eigenvalue weighted by Gasteiger charge is 2.25. The Labute approximate surface area is 132 Å².